The summed E-state index contributed by atoms with van der Waals surface area (Å²) in [5.41, 5.74) is 3.51. The minimum atomic E-state index is -0.179. The Balaban J connectivity index is 1.57. The quantitative estimate of drug-likeness (QED) is 0.504. The number of hydrogen-bond donors (Lipinski definition) is 1. The molecule has 3 heterocycles. The zero-order valence-electron chi connectivity index (χ0n) is 15.7. The molecule has 0 radical (unpaired) electrons. The number of rotatable bonds is 5. The number of aromatic amines is 1. The maximum atomic E-state index is 12.1. The van der Waals surface area contributed by atoms with Crippen LogP contribution in [0.2, 0.25) is 0 Å². The molecule has 0 atom stereocenters. The van der Waals surface area contributed by atoms with Crippen molar-refractivity contribution in [3.8, 4) is 0 Å². The van der Waals surface area contributed by atoms with Gasteiger partial charge in [-0.3, -0.25) is 4.79 Å². The number of nitrogens with one attached hydrogen (secondary N) is 1. The van der Waals surface area contributed by atoms with Crippen LogP contribution < -0.4 is 5.56 Å². The molecule has 0 fully saturated rings. The summed E-state index contributed by atoms with van der Waals surface area (Å²) in [5.74, 6) is 1.76. The van der Waals surface area contributed by atoms with Crippen molar-refractivity contribution in [2.45, 2.75) is 37.3 Å². The van der Waals surface area contributed by atoms with Gasteiger partial charge < -0.3 is 4.98 Å². The first-order valence-corrected chi connectivity index (χ1v) is 10.5. The van der Waals surface area contributed by atoms with E-state index in [0.717, 1.165) is 25.9 Å². The van der Waals surface area contributed by atoms with E-state index in [1.54, 1.807) is 0 Å². The molecule has 28 heavy (non-hydrogen) atoms. The van der Waals surface area contributed by atoms with Crippen LogP contribution in [0, 0.1) is 20.8 Å². The highest BCUT2D eigenvalue weighted by Crippen LogP contribution is 2.24. The normalized spacial score (nSPS) is 11.2. The topological polar surface area (TPSA) is 97.3 Å². The highest BCUT2D eigenvalue weighted by molar-refractivity contribution is 8.00. The number of aromatic nitrogens is 6. The lowest BCUT2D eigenvalue weighted by Crippen LogP contribution is -2.14. The second-order valence-electron chi connectivity index (χ2n) is 6.48. The molecule has 0 saturated carbocycles. The Morgan fingerprint density at radius 3 is 2.71 bits per heavy atom. The molecule has 7 nitrogen and oxygen atoms in total. The van der Waals surface area contributed by atoms with E-state index in [2.05, 4.69) is 36.2 Å². The van der Waals surface area contributed by atoms with E-state index in [4.69, 9.17) is 0 Å². The fourth-order valence-corrected chi connectivity index (χ4v) is 4.59. The lowest BCUT2D eigenvalue weighted by Gasteiger charge is -2.07. The summed E-state index contributed by atoms with van der Waals surface area (Å²) in [5, 5.41) is 10.0. The van der Waals surface area contributed by atoms with Crippen molar-refractivity contribution < 1.29 is 0 Å². The highest BCUT2D eigenvalue weighted by Gasteiger charge is 2.10. The van der Waals surface area contributed by atoms with Crippen molar-refractivity contribution >= 4 is 34.0 Å². The van der Waals surface area contributed by atoms with Crippen LogP contribution in [0.15, 0.2) is 33.4 Å². The third kappa shape index (κ3) is 4.26. The Hall–Kier alpha value is -2.65. The smallest absolute Gasteiger partial charge is 0.251 e. The van der Waals surface area contributed by atoms with Gasteiger partial charge in [-0.15, -0.1) is 10.2 Å². The van der Waals surface area contributed by atoms with Crippen LogP contribution >= 0.6 is 23.1 Å². The average Bonchev–Trinajstić information content (AvgIpc) is 3.06. The maximum absolute atomic E-state index is 12.1. The van der Waals surface area contributed by atoms with Gasteiger partial charge in [0, 0.05) is 22.9 Å². The third-order valence-electron chi connectivity index (χ3n) is 4.11. The highest BCUT2D eigenvalue weighted by atomic mass is 32.2. The van der Waals surface area contributed by atoms with Crippen molar-refractivity contribution in [3.05, 3.63) is 68.2 Å². The van der Waals surface area contributed by atoms with Crippen LogP contribution in [0.5, 0.6) is 0 Å². The van der Waals surface area contributed by atoms with Gasteiger partial charge in [0.15, 0.2) is 4.34 Å². The molecule has 0 aliphatic carbocycles. The van der Waals surface area contributed by atoms with Gasteiger partial charge in [0.1, 0.15) is 16.7 Å². The number of aryl methyl sites for hydroxylation is 3. The van der Waals surface area contributed by atoms with Gasteiger partial charge in [-0.2, -0.15) is 0 Å². The molecule has 142 valence electrons. The van der Waals surface area contributed by atoms with Crippen molar-refractivity contribution in [2.75, 3.05) is 0 Å². The number of benzene rings is 1. The van der Waals surface area contributed by atoms with Gasteiger partial charge in [0.25, 0.3) is 5.56 Å². The molecule has 0 spiro atoms. The minimum Gasteiger partial charge on any atom is -0.310 e. The van der Waals surface area contributed by atoms with Gasteiger partial charge in [-0.1, -0.05) is 34.7 Å². The van der Waals surface area contributed by atoms with Crippen LogP contribution in [0.1, 0.15) is 33.6 Å². The van der Waals surface area contributed by atoms with E-state index < -0.39 is 0 Å². The summed E-state index contributed by atoms with van der Waals surface area (Å²) < 4.78 is 0.866. The van der Waals surface area contributed by atoms with Crippen LogP contribution in [0.3, 0.4) is 0 Å². The molecule has 9 heteroatoms. The van der Waals surface area contributed by atoms with E-state index in [9.17, 15) is 4.79 Å². The molecule has 3 aromatic heterocycles. The van der Waals surface area contributed by atoms with E-state index in [1.807, 2.05) is 32.9 Å². The van der Waals surface area contributed by atoms with Crippen molar-refractivity contribution in [1.82, 2.24) is 30.1 Å². The summed E-state index contributed by atoms with van der Waals surface area (Å²) in [6.45, 7) is 5.94. The van der Waals surface area contributed by atoms with Crippen LogP contribution in [0.4, 0.5) is 0 Å². The van der Waals surface area contributed by atoms with E-state index >= 15 is 0 Å². The number of H-pyrrole nitrogens is 1. The van der Waals surface area contributed by atoms with Crippen LogP contribution in [0.25, 0.3) is 10.9 Å². The SMILES string of the molecule is Cc1ccc2nc(Cc3nc(CSc4nnc(C)s4)cc(=O)[nH]3)nc(C)c2c1. The maximum Gasteiger partial charge on any atom is 0.251 e. The zero-order valence-corrected chi connectivity index (χ0v) is 17.3. The largest absolute Gasteiger partial charge is 0.310 e. The predicted molar refractivity (Wildman–Crippen MR) is 111 cm³/mol. The lowest BCUT2D eigenvalue weighted by atomic mass is 10.1. The molecule has 0 unspecified atom stereocenters. The summed E-state index contributed by atoms with van der Waals surface area (Å²) in [6, 6.07) is 7.63. The average molecular weight is 411 g/mol. The molecule has 0 amide bonds. The second kappa shape index (κ2) is 7.76. The van der Waals surface area contributed by atoms with Crippen molar-refractivity contribution in [3.63, 3.8) is 0 Å². The van der Waals surface area contributed by atoms with Gasteiger partial charge in [0.05, 0.1) is 17.6 Å². The number of fused-ring (bicyclic) bond motifs is 1. The number of thioether (sulfide) groups is 1. The van der Waals surface area contributed by atoms with E-state index in [0.29, 0.717) is 29.5 Å². The van der Waals surface area contributed by atoms with Gasteiger partial charge in [-0.05, 0) is 32.9 Å². The molecule has 1 N–H and O–H groups in total. The van der Waals surface area contributed by atoms with Gasteiger partial charge in [0.2, 0.25) is 0 Å². The Labute approximate surface area is 169 Å². The minimum absolute atomic E-state index is 0.179. The van der Waals surface area contributed by atoms with Gasteiger partial charge >= 0.3 is 0 Å². The number of nitrogens with zero attached hydrogens (tertiary/aromatic N) is 5. The fraction of sp³-hybridized carbons (Fsp3) is 0.263. The van der Waals surface area contributed by atoms with Crippen molar-refractivity contribution in [2.24, 2.45) is 0 Å². The Morgan fingerprint density at radius 1 is 1.07 bits per heavy atom. The summed E-state index contributed by atoms with van der Waals surface area (Å²) in [7, 11) is 0. The second-order valence-corrected chi connectivity index (χ2v) is 8.89. The predicted octanol–water partition coefficient (Wildman–Crippen LogP) is 3.37. The van der Waals surface area contributed by atoms with E-state index in [1.165, 1.54) is 34.7 Å². The van der Waals surface area contributed by atoms with Gasteiger partial charge in [-0.25, -0.2) is 15.0 Å². The number of hydrogen-bond acceptors (Lipinski definition) is 8. The molecule has 4 rings (SSSR count). The molecule has 0 aliphatic rings. The Kier molecular flexibility index (Phi) is 5.19. The first-order valence-electron chi connectivity index (χ1n) is 8.72. The van der Waals surface area contributed by atoms with Crippen LogP contribution in [-0.2, 0) is 12.2 Å². The lowest BCUT2D eigenvalue weighted by molar-refractivity contribution is 0.863. The van der Waals surface area contributed by atoms with Crippen molar-refractivity contribution in [1.29, 1.82) is 0 Å². The molecule has 0 aliphatic heterocycles. The third-order valence-corrected chi connectivity index (χ3v) is 6.11. The first kappa shape index (κ1) is 18.7. The molecule has 4 aromatic rings. The molecular formula is C19H18N6OS2. The molecule has 1 aromatic carbocycles. The Morgan fingerprint density at radius 2 is 1.93 bits per heavy atom. The first-order chi connectivity index (χ1) is 13.5. The fourth-order valence-electron chi connectivity index (χ4n) is 2.88. The zero-order chi connectivity index (χ0) is 19.7. The summed E-state index contributed by atoms with van der Waals surface area (Å²) in [4.78, 5) is 28.7. The monoisotopic (exact) mass is 410 g/mol. The summed E-state index contributed by atoms with van der Waals surface area (Å²) >= 11 is 3.05. The molecule has 0 bridgehead atoms. The standard InChI is InChI=1S/C19H18N6OS2/c1-10-4-5-15-14(6-10)11(2)20-16(22-15)8-17-21-13(7-18(26)23-17)9-27-19-25-24-12(3)28-19/h4-7H,8-9H2,1-3H3,(H,21,23,26). The van der Waals surface area contributed by atoms with Crippen LogP contribution in [-0.4, -0.2) is 30.1 Å². The van der Waals surface area contributed by atoms with E-state index in [-0.39, 0.29) is 5.56 Å². The molecular weight excluding hydrogens is 392 g/mol. The molecule has 0 saturated heterocycles. The Bertz CT molecular complexity index is 1220. The summed E-state index contributed by atoms with van der Waals surface area (Å²) in [6.07, 6.45) is 0.371.